The van der Waals surface area contributed by atoms with Gasteiger partial charge in [0, 0.05) is 24.5 Å². The van der Waals surface area contributed by atoms with Crippen LogP contribution in [0.15, 0.2) is 103 Å². The van der Waals surface area contributed by atoms with Gasteiger partial charge in [-0.1, -0.05) is 48.5 Å². The number of aliphatic hydroxyl groups is 1. The Labute approximate surface area is 243 Å². The van der Waals surface area contributed by atoms with Crippen molar-refractivity contribution in [2.75, 3.05) is 6.61 Å². The first-order valence-electron chi connectivity index (χ1n) is 13.6. The first kappa shape index (κ1) is 28.3. The first-order valence-corrected chi connectivity index (χ1v) is 13.6. The fraction of sp³-hybridized carbons (Fsp3) is 0.176. The summed E-state index contributed by atoms with van der Waals surface area (Å²) in [5.41, 5.74) is 3.84. The molecule has 1 aliphatic heterocycles. The number of carbonyl (C=O) groups is 3. The van der Waals surface area contributed by atoms with E-state index in [0.717, 1.165) is 11.1 Å². The summed E-state index contributed by atoms with van der Waals surface area (Å²) in [5.74, 6) is -1.59. The molecule has 1 N–H and O–H groups in total. The van der Waals surface area contributed by atoms with Gasteiger partial charge in [0.2, 0.25) is 0 Å². The highest BCUT2D eigenvalue weighted by atomic mass is 16.5. The number of pyridine rings is 1. The molecule has 42 heavy (non-hydrogen) atoms. The Morgan fingerprint density at radius 2 is 1.67 bits per heavy atom. The van der Waals surface area contributed by atoms with E-state index >= 15 is 0 Å². The van der Waals surface area contributed by atoms with Gasteiger partial charge in [0.05, 0.1) is 23.8 Å². The maximum absolute atomic E-state index is 13.4. The van der Waals surface area contributed by atoms with Crippen LogP contribution in [0.4, 0.5) is 0 Å². The molecule has 212 valence electrons. The zero-order valence-corrected chi connectivity index (χ0v) is 23.3. The molecule has 5 rings (SSSR count). The molecule has 2 heterocycles. The second-order valence-corrected chi connectivity index (χ2v) is 9.89. The molecule has 8 nitrogen and oxygen atoms in total. The van der Waals surface area contributed by atoms with Gasteiger partial charge in [-0.15, -0.1) is 0 Å². The number of aliphatic hydroxyl groups excluding tert-OH is 1. The van der Waals surface area contributed by atoms with E-state index in [0.29, 0.717) is 34.6 Å². The lowest BCUT2D eigenvalue weighted by molar-refractivity contribution is -0.140. The van der Waals surface area contributed by atoms with Gasteiger partial charge in [-0.3, -0.25) is 14.6 Å². The quantitative estimate of drug-likeness (QED) is 0.120. The lowest BCUT2D eigenvalue weighted by Gasteiger charge is -2.25. The Bertz CT molecular complexity index is 1630. The van der Waals surface area contributed by atoms with Crippen molar-refractivity contribution in [3.05, 3.63) is 136 Å². The van der Waals surface area contributed by atoms with Crippen molar-refractivity contribution in [1.82, 2.24) is 9.88 Å². The molecular formula is C34H30N2O6. The number of rotatable bonds is 9. The average Bonchev–Trinajstić information content (AvgIpc) is 3.26. The number of benzene rings is 3. The summed E-state index contributed by atoms with van der Waals surface area (Å²) in [7, 11) is 0. The molecule has 8 heteroatoms. The van der Waals surface area contributed by atoms with Crippen LogP contribution >= 0.6 is 0 Å². The van der Waals surface area contributed by atoms with Gasteiger partial charge >= 0.3 is 5.97 Å². The highest BCUT2D eigenvalue weighted by Crippen LogP contribution is 2.40. The number of likely N-dealkylation sites (tertiary alicyclic amines) is 1. The normalized spacial score (nSPS) is 16.0. The van der Waals surface area contributed by atoms with E-state index < -0.39 is 23.7 Å². The van der Waals surface area contributed by atoms with Crippen molar-refractivity contribution in [3.63, 3.8) is 0 Å². The van der Waals surface area contributed by atoms with Crippen LogP contribution < -0.4 is 4.74 Å². The number of aromatic nitrogens is 1. The molecule has 1 atom stereocenters. The number of amides is 1. The highest BCUT2D eigenvalue weighted by Gasteiger charge is 2.46. The lowest BCUT2D eigenvalue weighted by atomic mass is 9.95. The predicted molar refractivity (Wildman–Crippen MR) is 156 cm³/mol. The fourth-order valence-electron chi connectivity index (χ4n) is 4.93. The maximum Gasteiger partial charge on any atom is 0.338 e. The number of esters is 1. The molecule has 0 aliphatic carbocycles. The molecule has 0 radical (unpaired) electrons. The standard InChI is InChI=1S/C34H30N2O6/c1-3-41-34(40)25-13-11-23(12-14-25)20-36-30(27-10-7-17-35-19-27)29(32(38)33(36)39)31(37)26-15-16-28(22(2)18-26)42-21-24-8-5-4-6-9-24/h4-19,30,37H,3,20-21H2,1-2H3/b31-29-. The Morgan fingerprint density at radius 1 is 0.929 bits per heavy atom. The predicted octanol–water partition coefficient (Wildman–Crippen LogP) is 5.77. The zero-order chi connectivity index (χ0) is 29.6. The topological polar surface area (TPSA) is 106 Å². The van der Waals surface area contributed by atoms with Crippen molar-refractivity contribution in [2.45, 2.75) is 33.0 Å². The van der Waals surface area contributed by atoms with Crippen LogP contribution in [0.3, 0.4) is 0 Å². The molecule has 1 aromatic heterocycles. The second kappa shape index (κ2) is 12.5. The Balaban J connectivity index is 1.46. The van der Waals surface area contributed by atoms with Crippen LogP contribution in [-0.4, -0.2) is 39.3 Å². The minimum Gasteiger partial charge on any atom is -0.507 e. The van der Waals surface area contributed by atoms with Gasteiger partial charge in [-0.25, -0.2) is 4.79 Å². The van der Waals surface area contributed by atoms with E-state index in [-0.39, 0.29) is 24.5 Å². The molecule has 4 aromatic rings. The molecule has 0 saturated carbocycles. The number of ether oxygens (including phenoxy) is 2. The summed E-state index contributed by atoms with van der Waals surface area (Å²) in [4.78, 5) is 44.4. The average molecular weight is 563 g/mol. The smallest absolute Gasteiger partial charge is 0.338 e. The minimum atomic E-state index is -0.863. The Kier molecular flexibility index (Phi) is 8.43. The number of nitrogens with zero attached hydrogens (tertiary/aromatic N) is 2. The third-order valence-electron chi connectivity index (χ3n) is 7.04. The molecule has 1 amide bonds. The fourth-order valence-corrected chi connectivity index (χ4v) is 4.93. The SMILES string of the molecule is CCOC(=O)c1ccc(CN2C(=O)C(=O)/C(=C(\O)c3ccc(OCc4ccccc4)c(C)c3)C2c2cccnc2)cc1. The summed E-state index contributed by atoms with van der Waals surface area (Å²) in [6.07, 6.45) is 3.17. The van der Waals surface area contributed by atoms with E-state index in [2.05, 4.69) is 4.98 Å². The molecule has 3 aromatic carbocycles. The second-order valence-electron chi connectivity index (χ2n) is 9.89. The molecule has 0 bridgehead atoms. The number of ketones is 1. The first-order chi connectivity index (χ1) is 20.4. The summed E-state index contributed by atoms with van der Waals surface area (Å²) >= 11 is 0. The van der Waals surface area contributed by atoms with Crippen LogP contribution in [0, 0.1) is 6.92 Å². The van der Waals surface area contributed by atoms with E-state index in [4.69, 9.17) is 9.47 Å². The maximum atomic E-state index is 13.4. The number of Topliss-reactive ketones (excluding diaryl/α,β-unsaturated/α-hetero) is 1. The van der Waals surface area contributed by atoms with Crippen molar-refractivity contribution in [2.24, 2.45) is 0 Å². The number of hydrogen-bond donors (Lipinski definition) is 1. The summed E-state index contributed by atoms with van der Waals surface area (Å²) in [6, 6.07) is 24.2. The molecular weight excluding hydrogens is 532 g/mol. The third-order valence-corrected chi connectivity index (χ3v) is 7.04. The summed E-state index contributed by atoms with van der Waals surface area (Å²) in [6.45, 7) is 4.32. The summed E-state index contributed by atoms with van der Waals surface area (Å²) < 4.78 is 11.0. The van der Waals surface area contributed by atoms with E-state index in [1.807, 2.05) is 37.3 Å². The third kappa shape index (κ3) is 5.93. The van der Waals surface area contributed by atoms with Crippen LogP contribution in [0.2, 0.25) is 0 Å². The highest BCUT2D eigenvalue weighted by molar-refractivity contribution is 6.46. The van der Waals surface area contributed by atoms with Crippen LogP contribution in [-0.2, 0) is 27.5 Å². The zero-order valence-electron chi connectivity index (χ0n) is 23.3. The summed E-state index contributed by atoms with van der Waals surface area (Å²) in [5, 5.41) is 11.5. The van der Waals surface area contributed by atoms with E-state index in [1.165, 1.54) is 4.90 Å². The lowest BCUT2D eigenvalue weighted by Crippen LogP contribution is -2.29. The number of hydrogen-bond acceptors (Lipinski definition) is 7. The molecule has 1 saturated heterocycles. The molecule has 1 aliphatic rings. The van der Waals surface area contributed by atoms with Crippen LogP contribution in [0.25, 0.3) is 5.76 Å². The minimum absolute atomic E-state index is 0.0199. The van der Waals surface area contributed by atoms with Crippen molar-refractivity contribution in [1.29, 1.82) is 0 Å². The van der Waals surface area contributed by atoms with Crippen molar-refractivity contribution in [3.8, 4) is 5.75 Å². The monoisotopic (exact) mass is 562 g/mol. The van der Waals surface area contributed by atoms with Gasteiger partial charge in [-0.05, 0) is 72.5 Å². The largest absolute Gasteiger partial charge is 0.507 e. The Hall–Kier alpha value is -5.24. The number of aryl methyl sites for hydroxylation is 1. The van der Waals surface area contributed by atoms with Gasteiger partial charge in [-0.2, -0.15) is 0 Å². The van der Waals surface area contributed by atoms with Crippen LogP contribution in [0.5, 0.6) is 5.75 Å². The van der Waals surface area contributed by atoms with E-state index in [9.17, 15) is 19.5 Å². The van der Waals surface area contributed by atoms with Gasteiger partial charge in [0.15, 0.2) is 0 Å². The van der Waals surface area contributed by atoms with Crippen LogP contribution in [0.1, 0.15) is 51.1 Å². The molecule has 0 spiro atoms. The van der Waals surface area contributed by atoms with Crippen molar-refractivity contribution >= 4 is 23.4 Å². The van der Waals surface area contributed by atoms with Gasteiger partial charge in [0.1, 0.15) is 18.1 Å². The van der Waals surface area contributed by atoms with Crippen molar-refractivity contribution < 1.29 is 29.0 Å². The van der Waals surface area contributed by atoms with Gasteiger partial charge in [0.25, 0.3) is 11.7 Å². The van der Waals surface area contributed by atoms with Gasteiger partial charge < -0.3 is 19.5 Å². The molecule has 1 fully saturated rings. The Morgan fingerprint density at radius 3 is 2.33 bits per heavy atom. The number of carbonyl (C=O) groups excluding carboxylic acids is 3. The van der Waals surface area contributed by atoms with E-state index in [1.54, 1.807) is 73.9 Å². The molecule has 1 unspecified atom stereocenters.